The average molecular weight is 271 g/mol. The number of hydrogen-bond acceptors (Lipinski definition) is 3. The highest BCUT2D eigenvalue weighted by molar-refractivity contribution is 9.10. The molecule has 1 N–H and O–H groups in total. The molecule has 0 atom stereocenters. The van der Waals surface area contributed by atoms with Crippen LogP contribution in [0.1, 0.15) is 23.3 Å². The second-order valence-electron chi connectivity index (χ2n) is 3.40. The van der Waals surface area contributed by atoms with Gasteiger partial charge in [-0.3, -0.25) is 4.79 Å². The van der Waals surface area contributed by atoms with E-state index < -0.39 is 0 Å². The fourth-order valence-electron chi connectivity index (χ4n) is 1.16. The SMILES string of the molecule is CNC(=O)c1ncc(Br)cc1OC1CC1. The van der Waals surface area contributed by atoms with Crippen molar-refractivity contribution < 1.29 is 9.53 Å². The fourth-order valence-corrected chi connectivity index (χ4v) is 1.48. The van der Waals surface area contributed by atoms with Gasteiger partial charge < -0.3 is 10.1 Å². The highest BCUT2D eigenvalue weighted by atomic mass is 79.9. The van der Waals surface area contributed by atoms with E-state index in [0.717, 1.165) is 17.3 Å². The molecule has 5 heteroatoms. The zero-order chi connectivity index (χ0) is 10.8. The Morgan fingerprint density at radius 1 is 1.67 bits per heavy atom. The number of rotatable bonds is 3. The number of carbonyl (C=O) groups is 1. The molecule has 15 heavy (non-hydrogen) atoms. The van der Waals surface area contributed by atoms with E-state index in [1.165, 1.54) is 0 Å². The average Bonchev–Trinajstić information content (AvgIpc) is 3.01. The predicted octanol–water partition coefficient (Wildman–Crippen LogP) is 1.74. The molecule has 0 spiro atoms. The van der Waals surface area contributed by atoms with Gasteiger partial charge in [0.15, 0.2) is 11.4 Å². The maximum atomic E-state index is 11.5. The maximum absolute atomic E-state index is 11.5. The molecule has 1 aliphatic carbocycles. The Morgan fingerprint density at radius 2 is 2.40 bits per heavy atom. The number of amides is 1. The van der Waals surface area contributed by atoms with Gasteiger partial charge in [0.05, 0.1) is 6.10 Å². The standard InChI is InChI=1S/C10H11BrN2O2/c1-12-10(14)9-8(15-7-2-3-7)4-6(11)5-13-9/h4-5,7H,2-3H2,1H3,(H,12,14). The zero-order valence-electron chi connectivity index (χ0n) is 8.29. The first-order valence-electron chi connectivity index (χ1n) is 4.75. The van der Waals surface area contributed by atoms with Crippen molar-refractivity contribution in [1.82, 2.24) is 10.3 Å². The predicted molar refractivity (Wildman–Crippen MR) is 59.0 cm³/mol. The van der Waals surface area contributed by atoms with Gasteiger partial charge in [0.2, 0.25) is 0 Å². The van der Waals surface area contributed by atoms with Crippen LogP contribution in [0, 0.1) is 0 Å². The summed E-state index contributed by atoms with van der Waals surface area (Å²) in [5.41, 5.74) is 0.340. The number of ether oxygens (including phenoxy) is 1. The van der Waals surface area contributed by atoms with Gasteiger partial charge in [-0.2, -0.15) is 0 Å². The summed E-state index contributed by atoms with van der Waals surface area (Å²) in [7, 11) is 1.58. The van der Waals surface area contributed by atoms with Crippen LogP contribution in [0.25, 0.3) is 0 Å². The fraction of sp³-hybridized carbons (Fsp3) is 0.400. The lowest BCUT2D eigenvalue weighted by Crippen LogP contribution is -2.20. The van der Waals surface area contributed by atoms with Crippen molar-refractivity contribution in [3.8, 4) is 5.75 Å². The second-order valence-corrected chi connectivity index (χ2v) is 4.31. The number of carbonyl (C=O) groups excluding carboxylic acids is 1. The van der Waals surface area contributed by atoms with E-state index in [4.69, 9.17) is 4.74 Å². The van der Waals surface area contributed by atoms with Crippen molar-refractivity contribution >= 4 is 21.8 Å². The minimum absolute atomic E-state index is 0.224. The Morgan fingerprint density at radius 3 is 3.00 bits per heavy atom. The van der Waals surface area contributed by atoms with Gasteiger partial charge in [-0.1, -0.05) is 0 Å². The van der Waals surface area contributed by atoms with Crippen LogP contribution in [-0.4, -0.2) is 24.0 Å². The first-order chi connectivity index (χ1) is 7.20. The minimum Gasteiger partial charge on any atom is -0.488 e. The van der Waals surface area contributed by atoms with Gasteiger partial charge in [-0.05, 0) is 34.8 Å². The molecule has 0 radical (unpaired) electrons. The molecule has 0 unspecified atom stereocenters. The molecule has 1 amide bonds. The molecule has 1 fully saturated rings. The summed E-state index contributed by atoms with van der Waals surface area (Å²) in [6, 6.07) is 1.77. The monoisotopic (exact) mass is 270 g/mol. The van der Waals surface area contributed by atoms with Crippen molar-refractivity contribution in [3.05, 3.63) is 22.4 Å². The molecule has 80 valence electrons. The molecule has 1 aromatic rings. The van der Waals surface area contributed by atoms with Crippen LogP contribution < -0.4 is 10.1 Å². The zero-order valence-corrected chi connectivity index (χ0v) is 9.87. The van der Waals surface area contributed by atoms with Gasteiger partial charge in [0, 0.05) is 17.7 Å². The Bertz CT molecular complexity index is 391. The molecule has 4 nitrogen and oxygen atoms in total. The lowest BCUT2D eigenvalue weighted by atomic mass is 10.3. The van der Waals surface area contributed by atoms with E-state index in [1.54, 1.807) is 19.3 Å². The van der Waals surface area contributed by atoms with E-state index in [-0.39, 0.29) is 12.0 Å². The van der Waals surface area contributed by atoms with Crippen molar-refractivity contribution in [2.45, 2.75) is 18.9 Å². The molecule has 2 rings (SSSR count). The van der Waals surface area contributed by atoms with E-state index >= 15 is 0 Å². The second kappa shape index (κ2) is 4.18. The van der Waals surface area contributed by atoms with E-state index in [9.17, 15) is 4.79 Å². The number of hydrogen-bond donors (Lipinski definition) is 1. The molecule has 1 aliphatic rings. The summed E-state index contributed by atoms with van der Waals surface area (Å²) in [5, 5.41) is 2.54. The first kappa shape index (κ1) is 10.4. The topological polar surface area (TPSA) is 51.2 Å². The number of nitrogens with one attached hydrogen (secondary N) is 1. The van der Waals surface area contributed by atoms with Gasteiger partial charge in [-0.25, -0.2) is 4.98 Å². The van der Waals surface area contributed by atoms with E-state index in [0.29, 0.717) is 11.4 Å². The molecule has 0 aliphatic heterocycles. The van der Waals surface area contributed by atoms with Crippen LogP contribution in [0.5, 0.6) is 5.75 Å². The molecule has 0 bridgehead atoms. The normalized spacial score (nSPS) is 14.8. The summed E-state index contributed by atoms with van der Waals surface area (Å²) in [4.78, 5) is 15.5. The first-order valence-corrected chi connectivity index (χ1v) is 5.54. The van der Waals surface area contributed by atoms with Gasteiger partial charge in [0.1, 0.15) is 0 Å². The number of halogens is 1. The highest BCUT2D eigenvalue weighted by Gasteiger charge is 2.26. The van der Waals surface area contributed by atoms with Crippen LogP contribution in [0.2, 0.25) is 0 Å². The van der Waals surface area contributed by atoms with Crippen molar-refractivity contribution in [2.75, 3.05) is 7.05 Å². The number of nitrogens with zero attached hydrogens (tertiary/aromatic N) is 1. The molecule has 1 heterocycles. The van der Waals surface area contributed by atoms with Gasteiger partial charge in [0.25, 0.3) is 5.91 Å². The number of aromatic nitrogens is 1. The quantitative estimate of drug-likeness (QED) is 0.911. The summed E-state index contributed by atoms with van der Waals surface area (Å²) < 4.78 is 6.42. The minimum atomic E-state index is -0.224. The van der Waals surface area contributed by atoms with E-state index in [2.05, 4.69) is 26.2 Å². The molecule has 0 aromatic carbocycles. The molecular formula is C10H11BrN2O2. The maximum Gasteiger partial charge on any atom is 0.273 e. The van der Waals surface area contributed by atoms with Crippen molar-refractivity contribution in [3.63, 3.8) is 0 Å². The molecule has 0 saturated heterocycles. The lowest BCUT2D eigenvalue weighted by Gasteiger charge is -2.09. The third kappa shape index (κ3) is 2.47. The third-order valence-corrected chi connectivity index (χ3v) is 2.51. The Labute approximate surface area is 96.2 Å². The molecule has 1 aromatic heterocycles. The smallest absolute Gasteiger partial charge is 0.273 e. The van der Waals surface area contributed by atoms with Crippen LogP contribution in [0.15, 0.2) is 16.7 Å². The lowest BCUT2D eigenvalue weighted by molar-refractivity contribution is 0.0953. The Kier molecular flexibility index (Phi) is 2.90. The summed E-state index contributed by atoms with van der Waals surface area (Å²) in [6.45, 7) is 0. The molecular weight excluding hydrogens is 260 g/mol. The number of pyridine rings is 1. The summed E-state index contributed by atoms with van der Waals surface area (Å²) >= 11 is 3.30. The largest absolute Gasteiger partial charge is 0.488 e. The summed E-state index contributed by atoms with van der Waals surface area (Å²) in [5.74, 6) is 0.323. The van der Waals surface area contributed by atoms with Gasteiger partial charge >= 0.3 is 0 Å². The molecule has 1 saturated carbocycles. The van der Waals surface area contributed by atoms with Crippen LogP contribution in [0.4, 0.5) is 0 Å². The van der Waals surface area contributed by atoms with Crippen LogP contribution >= 0.6 is 15.9 Å². The summed E-state index contributed by atoms with van der Waals surface area (Å²) in [6.07, 6.45) is 3.95. The van der Waals surface area contributed by atoms with Crippen molar-refractivity contribution in [1.29, 1.82) is 0 Å². The van der Waals surface area contributed by atoms with E-state index in [1.807, 2.05) is 0 Å². The Hall–Kier alpha value is -1.10. The highest BCUT2D eigenvalue weighted by Crippen LogP contribution is 2.30. The van der Waals surface area contributed by atoms with Crippen LogP contribution in [-0.2, 0) is 0 Å². The van der Waals surface area contributed by atoms with Crippen LogP contribution in [0.3, 0.4) is 0 Å². The Balaban J connectivity index is 2.29. The van der Waals surface area contributed by atoms with Gasteiger partial charge in [-0.15, -0.1) is 0 Å². The third-order valence-electron chi connectivity index (χ3n) is 2.08. The van der Waals surface area contributed by atoms with Crippen molar-refractivity contribution in [2.24, 2.45) is 0 Å².